The molecule has 0 saturated carbocycles. The van der Waals surface area contributed by atoms with Gasteiger partial charge < -0.3 is 20.1 Å². The van der Waals surface area contributed by atoms with Gasteiger partial charge in [0.25, 0.3) is 0 Å². The number of aliphatic hydroxyl groups excluding tert-OH is 1. The van der Waals surface area contributed by atoms with E-state index >= 15 is 0 Å². The number of benzene rings is 2. The first-order valence-electron chi connectivity index (χ1n) is 12.9. The number of nitriles is 1. The number of ether oxygens (including phenoxy) is 1. The van der Waals surface area contributed by atoms with Crippen molar-refractivity contribution in [3.63, 3.8) is 0 Å². The molecule has 1 atom stereocenters. The molecule has 8 heteroatoms. The van der Waals surface area contributed by atoms with Crippen molar-refractivity contribution in [1.29, 1.82) is 5.26 Å². The van der Waals surface area contributed by atoms with Crippen LogP contribution in [0.3, 0.4) is 0 Å². The van der Waals surface area contributed by atoms with Crippen molar-refractivity contribution in [2.75, 3.05) is 19.6 Å². The highest BCUT2D eigenvalue weighted by Gasteiger charge is 2.27. The van der Waals surface area contributed by atoms with Crippen LogP contribution in [0.15, 0.2) is 42.6 Å². The summed E-state index contributed by atoms with van der Waals surface area (Å²) in [5, 5.41) is 23.3. The van der Waals surface area contributed by atoms with E-state index in [9.17, 15) is 15.2 Å². The van der Waals surface area contributed by atoms with Gasteiger partial charge in [-0.15, -0.1) is 11.3 Å². The second-order valence-corrected chi connectivity index (χ2v) is 11.1. The normalized spacial score (nSPS) is 17.5. The molecule has 5 rings (SSSR count). The maximum Gasteiger partial charge on any atom is 0.317 e. The van der Waals surface area contributed by atoms with Crippen molar-refractivity contribution in [3.8, 4) is 32.8 Å². The molecule has 3 aromatic rings. The SMILES string of the molecule is CC(C)Oc1ccc(-c2ncc(-c3cccc4c3CCC4CNC(=O)N3CCC(O)CC3)s2)cc1C#N. The first kappa shape index (κ1) is 25.2. The van der Waals surface area contributed by atoms with Crippen LogP contribution in [0.5, 0.6) is 5.75 Å². The van der Waals surface area contributed by atoms with Crippen molar-refractivity contribution in [1.82, 2.24) is 15.2 Å². The summed E-state index contributed by atoms with van der Waals surface area (Å²) in [5.41, 5.74) is 5.23. The number of aromatic nitrogens is 1. The molecule has 1 fully saturated rings. The average molecular weight is 517 g/mol. The molecule has 2 aromatic carbocycles. The van der Waals surface area contributed by atoms with E-state index in [4.69, 9.17) is 4.74 Å². The molecule has 1 aliphatic carbocycles. The van der Waals surface area contributed by atoms with Gasteiger partial charge in [-0.25, -0.2) is 9.78 Å². The molecule has 7 nitrogen and oxygen atoms in total. The zero-order valence-electron chi connectivity index (χ0n) is 21.2. The van der Waals surface area contributed by atoms with Crippen LogP contribution in [-0.4, -0.2) is 52.9 Å². The van der Waals surface area contributed by atoms with Gasteiger partial charge >= 0.3 is 6.03 Å². The minimum absolute atomic E-state index is 0.000488. The average Bonchev–Trinajstić information content (AvgIpc) is 3.55. The van der Waals surface area contributed by atoms with Crippen molar-refractivity contribution in [2.45, 2.75) is 57.7 Å². The monoisotopic (exact) mass is 516 g/mol. The van der Waals surface area contributed by atoms with Gasteiger partial charge in [-0.2, -0.15) is 5.26 Å². The van der Waals surface area contributed by atoms with Crippen LogP contribution in [0.25, 0.3) is 21.0 Å². The number of likely N-dealkylation sites (tertiary alicyclic amines) is 1. The molecule has 1 unspecified atom stereocenters. The minimum atomic E-state index is -0.289. The fourth-order valence-corrected chi connectivity index (χ4v) is 6.18. The lowest BCUT2D eigenvalue weighted by atomic mass is 9.98. The van der Waals surface area contributed by atoms with Crippen molar-refractivity contribution >= 4 is 17.4 Å². The zero-order valence-corrected chi connectivity index (χ0v) is 22.1. The molecule has 2 heterocycles. The van der Waals surface area contributed by atoms with Gasteiger partial charge in [-0.1, -0.05) is 18.2 Å². The van der Waals surface area contributed by atoms with Crippen LogP contribution >= 0.6 is 11.3 Å². The third kappa shape index (κ3) is 5.48. The Hall–Kier alpha value is -3.41. The molecule has 0 spiro atoms. The first-order chi connectivity index (χ1) is 17.9. The van der Waals surface area contributed by atoms with E-state index < -0.39 is 0 Å². The lowest BCUT2D eigenvalue weighted by Crippen LogP contribution is -2.46. The van der Waals surface area contributed by atoms with Gasteiger partial charge in [0.1, 0.15) is 16.8 Å². The lowest BCUT2D eigenvalue weighted by molar-refractivity contribution is 0.0936. The smallest absolute Gasteiger partial charge is 0.317 e. The predicted octanol–water partition coefficient (Wildman–Crippen LogP) is 5.33. The molecule has 1 saturated heterocycles. The van der Waals surface area contributed by atoms with E-state index in [0.717, 1.165) is 28.3 Å². The second kappa shape index (κ2) is 10.9. The van der Waals surface area contributed by atoms with Crippen LogP contribution in [0.4, 0.5) is 4.79 Å². The molecule has 2 amide bonds. The molecule has 0 bridgehead atoms. The second-order valence-electron chi connectivity index (χ2n) is 10.0. The van der Waals surface area contributed by atoms with E-state index in [2.05, 4.69) is 34.6 Å². The number of hydrogen-bond acceptors (Lipinski definition) is 6. The van der Waals surface area contributed by atoms with Crippen LogP contribution in [-0.2, 0) is 6.42 Å². The number of carbonyl (C=O) groups is 1. The maximum absolute atomic E-state index is 12.6. The Morgan fingerprint density at radius 2 is 2.08 bits per heavy atom. The predicted molar refractivity (Wildman–Crippen MR) is 145 cm³/mol. The van der Waals surface area contributed by atoms with E-state index in [-0.39, 0.29) is 24.2 Å². The summed E-state index contributed by atoms with van der Waals surface area (Å²) >= 11 is 1.62. The Kier molecular flexibility index (Phi) is 7.45. The van der Waals surface area contributed by atoms with Gasteiger partial charge in [0.2, 0.25) is 0 Å². The Bertz CT molecular complexity index is 1320. The first-order valence-corrected chi connectivity index (χ1v) is 13.7. The summed E-state index contributed by atoms with van der Waals surface area (Å²) in [5.74, 6) is 0.878. The van der Waals surface area contributed by atoms with Gasteiger partial charge in [0, 0.05) is 37.3 Å². The molecule has 37 heavy (non-hydrogen) atoms. The maximum atomic E-state index is 12.6. The highest BCUT2D eigenvalue weighted by molar-refractivity contribution is 7.18. The van der Waals surface area contributed by atoms with Crippen molar-refractivity contribution in [3.05, 3.63) is 59.3 Å². The van der Waals surface area contributed by atoms with Gasteiger partial charge in [0.15, 0.2) is 0 Å². The number of thiazole rings is 1. The highest BCUT2D eigenvalue weighted by Crippen LogP contribution is 2.42. The molecule has 1 aromatic heterocycles. The molecular formula is C29H32N4O3S. The Morgan fingerprint density at radius 1 is 1.27 bits per heavy atom. The summed E-state index contributed by atoms with van der Waals surface area (Å²) in [6.45, 7) is 5.72. The van der Waals surface area contributed by atoms with Crippen LogP contribution < -0.4 is 10.1 Å². The molecule has 1 aliphatic heterocycles. The number of amides is 2. The Morgan fingerprint density at radius 3 is 2.84 bits per heavy atom. The summed E-state index contributed by atoms with van der Waals surface area (Å²) < 4.78 is 5.76. The number of aliphatic hydroxyl groups is 1. The number of fused-ring (bicyclic) bond motifs is 1. The van der Waals surface area contributed by atoms with E-state index in [1.165, 1.54) is 16.7 Å². The summed E-state index contributed by atoms with van der Waals surface area (Å²) in [6.07, 6.45) is 4.89. The van der Waals surface area contributed by atoms with E-state index in [1.54, 1.807) is 16.2 Å². The molecule has 192 valence electrons. The number of piperidine rings is 1. The fourth-order valence-electron chi connectivity index (χ4n) is 5.21. The molecule has 2 aliphatic rings. The third-order valence-corrected chi connectivity index (χ3v) is 8.21. The standard InChI is InChI=1S/C29H32N4O3S/c1-18(2)36-26-9-7-19(14-21(26)15-30)28-31-17-27(37-28)25-5-3-4-23-20(6-8-24(23)25)16-32-29(35)33-12-10-22(34)11-13-33/h3-5,7,9,14,17-18,20,22,34H,6,8,10-13,16H2,1-2H3,(H,32,35). The summed E-state index contributed by atoms with van der Waals surface area (Å²) in [7, 11) is 0. The fraction of sp³-hybridized carbons (Fsp3) is 0.414. The van der Waals surface area contributed by atoms with Gasteiger partial charge in [-0.3, -0.25) is 0 Å². The third-order valence-electron chi connectivity index (χ3n) is 7.13. The van der Waals surface area contributed by atoms with Crippen LogP contribution in [0.1, 0.15) is 55.7 Å². The number of rotatable bonds is 6. The largest absolute Gasteiger partial charge is 0.490 e. The quantitative estimate of drug-likeness (QED) is 0.461. The van der Waals surface area contributed by atoms with Crippen molar-refractivity contribution < 1.29 is 14.6 Å². The molecule has 2 N–H and O–H groups in total. The Labute approximate surface area is 221 Å². The Balaban J connectivity index is 1.30. The van der Waals surface area contributed by atoms with E-state index in [1.807, 2.05) is 38.2 Å². The number of nitrogens with zero attached hydrogens (tertiary/aromatic N) is 3. The zero-order chi connectivity index (χ0) is 25.9. The summed E-state index contributed by atoms with van der Waals surface area (Å²) in [6, 6.07) is 14.3. The topological polar surface area (TPSA) is 98.5 Å². The minimum Gasteiger partial charge on any atom is -0.490 e. The van der Waals surface area contributed by atoms with Gasteiger partial charge in [-0.05, 0) is 74.4 Å². The number of urea groups is 1. The van der Waals surface area contributed by atoms with Gasteiger partial charge in [0.05, 0.1) is 22.6 Å². The van der Waals surface area contributed by atoms with Crippen LogP contribution in [0, 0.1) is 11.3 Å². The van der Waals surface area contributed by atoms with E-state index in [0.29, 0.717) is 43.8 Å². The highest BCUT2D eigenvalue weighted by atomic mass is 32.1. The van der Waals surface area contributed by atoms with Crippen molar-refractivity contribution in [2.24, 2.45) is 0 Å². The molecule has 0 radical (unpaired) electrons. The summed E-state index contributed by atoms with van der Waals surface area (Å²) in [4.78, 5) is 20.2. The van der Waals surface area contributed by atoms with Crippen LogP contribution in [0.2, 0.25) is 0 Å². The lowest BCUT2D eigenvalue weighted by Gasteiger charge is -2.30. The number of hydrogen-bond donors (Lipinski definition) is 2. The number of nitrogens with one attached hydrogen (secondary N) is 1. The number of carbonyl (C=O) groups excluding carboxylic acids is 1. The molecular weight excluding hydrogens is 484 g/mol.